The zero-order valence-electron chi connectivity index (χ0n) is 16.5. The number of anilines is 1. The van der Waals surface area contributed by atoms with E-state index in [2.05, 4.69) is 37.5 Å². The molecule has 26 heavy (non-hydrogen) atoms. The van der Waals surface area contributed by atoms with Crippen LogP contribution in [-0.2, 0) is 11.3 Å². The third-order valence-corrected chi connectivity index (χ3v) is 7.11. The lowest BCUT2D eigenvalue weighted by Gasteiger charge is -2.41. The van der Waals surface area contributed by atoms with Crippen LogP contribution in [0.1, 0.15) is 49.4 Å². The van der Waals surface area contributed by atoms with Gasteiger partial charge < -0.3 is 9.64 Å². The number of thiophene rings is 1. The molecule has 1 atom stereocenters. The van der Waals surface area contributed by atoms with Gasteiger partial charge >= 0.3 is 0 Å². The van der Waals surface area contributed by atoms with E-state index in [0.717, 1.165) is 49.1 Å². The topological polar surface area (TPSA) is 41.5 Å². The first kappa shape index (κ1) is 18.1. The van der Waals surface area contributed by atoms with Crippen LogP contribution in [0.4, 0.5) is 5.82 Å². The highest BCUT2D eigenvalue weighted by Crippen LogP contribution is 2.37. The van der Waals surface area contributed by atoms with Crippen LogP contribution in [0.15, 0.2) is 0 Å². The van der Waals surface area contributed by atoms with Crippen LogP contribution in [0.5, 0.6) is 0 Å². The Morgan fingerprint density at radius 3 is 2.65 bits per heavy atom. The fourth-order valence-corrected chi connectivity index (χ4v) is 5.08. The smallest absolute Gasteiger partial charge is 0.146 e. The number of morpholine rings is 1. The van der Waals surface area contributed by atoms with E-state index < -0.39 is 0 Å². The van der Waals surface area contributed by atoms with E-state index in [0.29, 0.717) is 0 Å². The van der Waals surface area contributed by atoms with Crippen LogP contribution < -0.4 is 4.90 Å². The molecule has 0 N–H and O–H groups in total. The number of ether oxygens (including phenoxy) is 1. The number of hydrogen-bond donors (Lipinski definition) is 0. The molecule has 0 aromatic carbocycles. The molecule has 4 heterocycles. The second kappa shape index (κ2) is 7.06. The largest absolute Gasteiger partial charge is 0.372 e. The van der Waals surface area contributed by atoms with E-state index in [1.54, 1.807) is 0 Å². The Bertz CT molecular complexity index is 799. The average Bonchev–Trinajstić information content (AvgIpc) is 3.23. The summed E-state index contributed by atoms with van der Waals surface area (Å²) in [5, 5.41) is 1.25. The summed E-state index contributed by atoms with van der Waals surface area (Å²) in [5.41, 5.74) is 1.24. The molecule has 1 unspecified atom stereocenters. The normalized spacial score (nSPS) is 24.7. The summed E-state index contributed by atoms with van der Waals surface area (Å²) >= 11 is 1.81. The van der Waals surface area contributed by atoms with Crippen LogP contribution in [0.2, 0.25) is 0 Å². The van der Waals surface area contributed by atoms with Crippen molar-refractivity contribution < 1.29 is 4.74 Å². The molecule has 2 aromatic rings. The Morgan fingerprint density at radius 2 is 1.92 bits per heavy atom. The van der Waals surface area contributed by atoms with Crippen molar-refractivity contribution in [1.29, 1.82) is 0 Å². The quantitative estimate of drug-likeness (QED) is 0.812. The molecule has 0 bridgehead atoms. The highest BCUT2D eigenvalue weighted by Gasteiger charge is 2.32. The van der Waals surface area contributed by atoms with Crippen LogP contribution in [0.25, 0.3) is 10.2 Å². The first-order valence-electron chi connectivity index (χ1n) is 9.87. The minimum Gasteiger partial charge on any atom is -0.372 e. The number of nitrogens with zero attached hydrogens (tertiary/aromatic N) is 4. The van der Waals surface area contributed by atoms with E-state index in [4.69, 9.17) is 14.7 Å². The maximum atomic E-state index is 6.06. The number of hydrogen-bond acceptors (Lipinski definition) is 6. The van der Waals surface area contributed by atoms with Gasteiger partial charge in [0.25, 0.3) is 0 Å². The number of likely N-dealkylation sites (tertiary alicyclic amines) is 1. The third-order valence-electron chi connectivity index (χ3n) is 6.00. The van der Waals surface area contributed by atoms with Gasteiger partial charge in [-0.25, -0.2) is 9.97 Å². The Kier molecular flexibility index (Phi) is 4.92. The minimum absolute atomic E-state index is 0.0936. The lowest BCUT2D eigenvalue weighted by Crippen LogP contribution is -2.50. The van der Waals surface area contributed by atoms with Gasteiger partial charge in [-0.3, -0.25) is 4.90 Å². The molecule has 2 aromatic heterocycles. The molecule has 2 saturated heterocycles. The second-order valence-electron chi connectivity index (χ2n) is 7.98. The Morgan fingerprint density at radius 1 is 1.15 bits per heavy atom. The van der Waals surface area contributed by atoms with E-state index in [9.17, 15) is 0 Å². The molecule has 2 aliphatic heterocycles. The van der Waals surface area contributed by atoms with E-state index in [-0.39, 0.29) is 5.60 Å². The summed E-state index contributed by atoms with van der Waals surface area (Å²) in [6, 6.07) is 0. The van der Waals surface area contributed by atoms with Gasteiger partial charge in [-0.1, -0.05) is 6.92 Å². The van der Waals surface area contributed by atoms with Gasteiger partial charge in [0.1, 0.15) is 16.5 Å². The molecule has 6 heteroatoms. The summed E-state index contributed by atoms with van der Waals surface area (Å²) in [6.45, 7) is 14.6. The summed E-state index contributed by atoms with van der Waals surface area (Å²) in [4.78, 5) is 17.4. The zero-order valence-corrected chi connectivity index (χ0v) is 17.3. The Balaban J connectivity index is 1.75. The number of fused-ring (bicyclic) bond motifs is 1. The van der Waals surface area contributed by atoms with Crippen LogP contribution in [-0.4, -0.2) is 53.3 Å². The summed E-state index contributed by atoms with van der Waals surface area (Å²) in [7, 11) is 0. The van der Waals surface area contributed by atoms with Gasteiger partial charge in [0.15, 0.2) is 0 Å². The first-order valence-corrected chi connectivity index (χ1v) is 10.7. The van der Waals surface area contributed by atoms with Crippen molar-refractivity contribution in [2.75, 3.05) is 37.7 Å². The van der Waals surface area contributed by atoms with Crippen molar-refractivity contribution in [2.45, 2.75) is 59.1 Å². The molecule has 0 aliphatic carbocycles. The van der Waals surface area contributed by atoms with Crippen molar-refractivity contribution >= 4 is 27.4 Å². The van der Waals surface area contributed by atoms with Gasteiger partial charge in [-0.05, 0) is 58.7 Å². The fraction of sp³-hybridized carbons (Fsp3) is 0.700. The number of aromatic nitrogens is 2. The van der Waals surface area contributed by atoms with Gasteiger partial charge in [0.2, 0.25) is 0 Å². The molecule has 142 valence electrons. The molecule has 0 spiro atoms. The van der Waals surface area contributed by atoms with Gasteiger partial charge in [-0.15, -0.1) is 11.3 Å². The van der Waals surface area contributed by atoms with E-state index in [1.807, 2.05) is 11.3 Å². The molecule has 0 saturated carbocycles. The minimum atomic E-state index is -0.0936. The standard InChI is InChI=1S/C20H30N4OS/c1-5-20(4)13-24(10-11-25-20)18-17-14(2)15(3)26-19(17)22-16(21-18)12-23-8-6-7-9-23/h5-13H2,1-4H3. The molecule has 2 aliphatic rings. The Labute approximate surface area is 160 Å². The van der Waals surface area contributed by atoms with Crippen molar-refractivity contribution in [2.24, 2.45) is 0 Å². The zero-order chi connectivity index (χ0) is 18.3. The predicted octanol–water partition coefficient (Wildman–Crippen LogP) is 3.91. The number of rotatable bonds is 4. The molecule has 0 radical (unpaired) electrons. The molecule has 2 fully saturated rings. The molecular weight excluding hydrogens is 344 g/mol. The van der Waals surface area contributed by atoms with Gasteiger partial charge in [-0.2, -0.15) is 0 Å². The van der Waals surface area contributed by atoms with Gasteiger partial charge in [0, 0.05) is 18.0 Å². The van der Waals surface area contributed by atoms with E-state index >= 15 is 0 Å². The second-order valence-corrected chi connectivity index (χ2v) is 9.19. The SMILES string of the molecule is CCC1(C)CN(c2nc(CN3CCCC3)nc3sc(C)c(C)c23)CCO1. The first-order chi connectivity index (χ1) is 12.5. The van der Waals surface area contributed by atoms with Crippen LogP contribution >= 0.6 is 11.3 Å². The highest BCUT2D eigenvalue weighted by molar-refractivity contribution is 7.18. The maximum Gasteiger partial charge on any atom is 0.146 e. The number of aryl methyl sites for hydroxylation is 2. The lowest BCUT2D eigenvalue weighted by atomic mass is 10.0. The third kappa shape index (κ3) is 3.35. The summed E-state index contributed by atoms with van der Waals surface area (Å²) < 4.78 is 6.06. The Hall–Kier alpha value is -1.24. The molecule has 5 nitrogen and oxygen atoms in total. The predicted molar refractivity (Wildman–Crippen MR) is 108 cm³/mol. The molecular formula is C20H30N4OS. The summed E-state index contributed by atoms with van der Waals surface area (Å²) in [5.74, 6) is 2.09. The fourth-order valence-electron chi connectivity index (χ4n) is 4.04. The lowest BCUT2D eigenvalue weighted by molar-refractivity contribution is -0.0442. The molecule has 4 rings (SSSR count). The molecule has 0 amide bonds. The van der Waals surface area contributed by atoms with Crippen molar-refractivity contribution in [1.82, 2.24) is 14.9 Å². The van der Waals surface area contributed by atoms with Crippen molar-refractivity contribution in [3.63, 3.8) is 0 Å². The summed E-state index contributed by atoms with van der Waals surface area (Å²) in [6.07, 6.45) is 3.61. The van der Waals surface area contributed by atoms with Crippen LogP contribution in [0, 0.1) is 13.8 Å². The highest BCUT2D eigenvalue weighted by atomic mass is 32.1. The van der Waals surface area contributed by atoms with Crippen molar-refractivity contribution in [3.8, 4) is 0 Å². The maximum absolute atomic E-state index is 6.06. The van der Waals surface area contributed by atoms with Crippen LogP contribution in [0.3, 0.4) is 0 Å². The van der Waals surface area contributed by atoms with E-state index in [1.165, 1.54) is 41.8 Å². The average molecular weight is 375 g/mol. The van der Waals surface area contributed by atoms with Crippen molar-refractivity contribution in [3.05, 3.63) is 16.3 Å². The van der Waals surface area contributed by atoms with Gasteiger partial charge in [0.05, 0.1) is 24.1 Å². The monoisotopic (exact) mass is 374 g/mol.